The number of nitrogens with two attached hydrogens (primary N) is 1. The number of hydrogen-bond donors (Lipinski definition) is 2. The van der Waals surface area contributed by atoms with Crippen molar-refractivity contribution in [2.45, 2.75) is 25.2 Å². The number of nitrogens with one attached hydrogen (secondary N) is 1. The standard InChI is InChI=1S/C17H28N4O3S.ClH/c1-13-5-6-14(9-15(13)25(23,24)20(3)4)19-16(22)10-21-8-7-17(2,11-18)12-21;/h5-6,9H,7-8,10-12,18H2,1-4H3,(H,19,22);1H. The van der Waals surface area contributed by atoms with Gasteiger partial charge in [-0.1, -0.05) is 13.0 Å². The van der Waals surface area contributed by atoms with Gasteiger partial charge >= 0.3 is 0 Å². The van der Waals surface area contributed by atoms with Crippen molar-refractivity contribution in [1.29, 1.82) is 0 Å². The zero-order chi connectivity index (χ0) is 18.8. The highest BCUT2D eigenvalue weighted by molar-refractivity contribution is 7.89. The van der Waals surface area contributed by atoms with Crippen LogP contribution in [0.5, 0.6) is 0 Å². The Morgan fingerprint density at radius 1 is 1.38 bits per heavy atom. The fourth-order valence-electron chi connectivity index (χ4n) is 2.98. The van der Waals surface area contributed by atoms with E-state index in [4.69, 9.17) is 5.73 Å². The van der Waals surface area contributed by atoms with Crippen LogP contribution in [-0.2, 0) is 14.8 Å². The Kier molecular flexibility index (Phi) is 7.62. The van der Waals surface area contributed by atoms with E-state index < -0.39 is 10.0 Å². The van der Waals surface area contributed by atoms with E-state index in [0.29, 0.717) is 17.8 Å². The lowest BCUT2D eigenvalue weighted by atomic mass is 9.90. The number of sulfonamides is 1. The van der Waals surface area contributed by atoms with Crippen LogP contribution in [-0.4, -0.2) is 63.8 Å². The van der Waals surface area contributed by atoms with E-state index in [1.54, 1.807) is 19.1 Å². The highest BCUT2D eigenvalue weighted by Gasteiger charge is 2.33. The second-order valence-electron chi connectivity index (χ2n) is 7.29. The normalized spacial score (nSPS) is 20.8. The lowest BCUT2D eigenvalue weighted by Gasteiger charge is -2.22. The van der Waals surface area contributed by atoms with E-state index in [-0.39, 0.29) is 35.2 Å². The molecule has 1 aliphatic heterocycles. The Bertz CT molecular complexity index is 754. The lowest BCUT2D eigenvalue weighted by Crippen LogP contribution is -2.35. The number of carbonyl (C=O) groups is 1. The summed E-state index contributed by atoms with van der Waals surface area (Å²) in [6.45, 7) is 6.39. The number of rotatable bonds is 6. The van der Waals surface area contributed by atoms with Crippen LogP contribution >= 0.6 is 12.4 Å². The van der Waals surface area contributed by atoms with Gasteiger partial charge in [-0.3, -0.25) is 9.69 Å². The number of likely N-dealkylation sites (tertiary alicyclic amines) is 1. The van der Waals surface area contributed by atoms with E-state index in [0.717, 1.165) is 19.5 Å². The van der Waals surface area contributed by atoms with Gasteiger partial charge < -0.3 is 11.1 Å². The molecular weight excluding hydrogens is 376 g/mol. The van der Waals surface area contributed by atoms with Crippen molar-refractivity contribution in [3.63, 3.8) is 0 Å². The van der Waals surface area contributed by atoms with Gasteiger partial charge in [0.2, 0.25) is 15.9 Å². The number of aryl methyl sites for hydroxylation is 1. The van der Waals surface area contributed by atoms with Crippen LogP contribution in [0.25, 0.3) is 0 Å². The molecule has 2 rings (SSSR count). The van der Waals surface area contributed by atoms with Crippen molar-refractivity contribution < 1.29 is 13.2 Å². The number of anilines is 1. The average molecular weight is 405 g/mol. The third kappa shape index (κ3) is 5.17. The Labute approximate surface area is 162 Å². The molecule has 9 heteroatoms. The average Bonchev–Trinajstić information content (AvgIpc) is 2.90. The topological polar surface area (TPSA) is 95.7 Å². The Hall–Kier alpha value is -1.19. The van der Waals surface area contributed by atoms with Gasteiger partial charge in [-0.05, 0) is 49.5 Å². The molecule has 26 heavy (non-hydrogen) atoms. The monoisotopic (exact) mass is 404 g/mol. The highest BCUT2D eigenvalue weighted by Crippen LogP contribution is 2.28. The molecule has 0 saturated carbocycles. The van der Waals surface area contributed by atoms with Crippen LogP contribution < -0.4 is 11.1 Å². The van der Waals surface area contributed by atoms with E-state index in [1.807, 2.05) is 0 Å². The molecule has 0 aromatic heterocycles. The summed E-state index contributed by atoms with van der Waals surface area (Å²) < 4.78 is 25.9. The minimum Gasteiger partial charge on any atom is -0.330 e. The summed E-state index contributed by atoms with van der Waals surface area (Å²) in [5.74, 6) is -0.154. The lowest BCUT2D eigenvalue weighted by molar-refractivity contribution is -0.117. The van der Waals surface area contributed by atoms with Crippen molar-refractivity contribution in [2.24, 2.45) is 11.1 Å². The Morgan fingerprint density at radius 2 is 2.04 bits per heavy atom. The summed E-state index contributed by atoms with van der Waals surface area (Å²) in [5, 5.41) is 2.80. The molecule has 1 fully saturated rings. The maximum Gasteiger partial charge on any atom is 0.242 e. The number of carbonyl (C=O) groups excluding carboxylic acids is 1. The molecule has 0 aliphatic carbocycles. The summed E-state index contributed by atoms with van der Waals surface area (Å²) in [5.41, 5.74) is 6.99. The molecule has 1 atom stereocenters. The molecule has 1 unspecified atom stereocenters. The van der Waals surface area contributed by atoms with Gasteiger partial charge in [-0.15, -0.1) is 12.4 Å². The zero-order valence-corrected chi connectivity index (χ0v) is 17.4. The molecular formula is C17H29ClN4O3S. The van der Waals surface area contributed by atoms with E-state index in [2.05, 4.69) is 17.1 Å². The second-order valence-corrected chi connectivity index (χ2v) is 9.41. The summed E-state index contributed by atoms with van der Waals surface area (Å²) in [4.78, 5) is 14.6. The van der Waals surface area contributed by atoms with Crippen LogP contribution in [0.1, 0.15) is 18.9 Å². The number of amides is 1. The van der Waals surface area contributed by atoms with Crippen LogP contribution in [0.15, 0.2) is 23.1 Å². The van der Waals surface area contributed by atoms with E-state index in [1.165, 1.54) is 24.5 Å². The summed E-state index contributed by atoms with van der Waals surface area (Å²) in [7, 11) is -0.573. The first-order valence-electron chi connectivity index (χ1n) is 8.33. The first kappa shape index (κ1) is 22.9. The SMILES string of the molecule is Cc1ccc(NC(=O)CN2CCC(C)(CN)C2)cc1S(=O)(=O)N(C)C.Cl. The minimum atomic E-state index is -3.55. The fourth-order valence-corrected chi connectivity index (χ4v) is 4.13. The fraction of sp³-hybridized carbons (Fsp3) is 0.588. The highest BCUT2D eigenvalue weighted by atomic mass is 35.5. The molecule has 148 valence electrons. The van der Waals surface area contributed by atoms with Gasteiger partial charge in [0.25, 0.3) is 0 Å². The molecule has 1 heterocycles. The first-order valence-corrected chi connectivity index (χ1v) is 9.77. The van der Waals surface area contributed by atoms with Crippen LogP contribution in [0, 0.1) is 12.3 Å². The molecule has 1 aromatic rings. The van der Waals surface area contributed by atoms with Gasteiger partial charge in [0, 0.05) is 26.3 Å². The van der Waals surface area contributed by atoms with Crippen molar-refractivity contribution in [1.82, 2.24) is 9.21 Å². The first-order chi connectivity index (χ1) is 11.6. The predicted molar refractivity (Wildman–Crippen MR) is 106 cm³/mol. The van der Waals surface area contributed by atoms with Crippen molar-refractivity contribution >= 4 is 34.0 Å². The number of halogens is 1. The maximum atomic E-state index is 12.4. The van der Waals surface area contributed by atoms with Crippen molar-refractivity contribution in [3.8, 4) is 0 Å². The molecule has 3 N–H and O–H groups in total. The Balaban J connectivity index is 0.00000338. The summed E-state index contributed by atoms with van der Waals surface area (Å²) >= 11 is 0. The van der Waals surface area contributed by atoms with Crippen LogP contribution in [0.3, 0.4) is 0 Å². The third-order valence-corrected chi connectivity index (χ3v) is 6.68. The van der Waals surface area contributed by atoms with Crippen LogP contribution in [0.2, 0.25) is 0 Å². The van der Waals surface area contributed by atoms with Crippen molar-refractivity contribution in [2.75, 3.05) is 45.6 Å². The number of hydrogen-bond acceptors (Lipinski definition) is 5. The van der Waals surface area contributed by atoms with E-state index >= 15 is 0 Å². The maximum absolute atomic E-state index is 12.4. The van der Waals surface area contributed by atoms with E-state index in [9.17, 15) is 13.2 Å². The smallest absolute Gasteiger partial charge is 0.242 e. The van der Waals surface area contributed by atoms with Crippen molar-refractivity contribution in [3.05, 3.63) is 23.8 Å². The van der Waals surface area contributed by atoms with Crippen LogP contribution in [0.4, 0.5) is 5.69 Å². The molecule has 1 aliphatic rings. The minimum absolute atomic E-state index is 0. The van der Waals surface area contributed by atoms with Gasteiger partial charge in [0.05, 0.1) is 11.4 Å². The number of benzene rings is 1. The zero-order valence-electron chi connectivity index (χ0n) is 15.8. The molecule has 0 bridgehead atoms. The van der Waals surface area contributed by atoms with Gasteiger partial charge in [0.15, 0.2) is 0 Å². The van der Waals surface area contributed by atoms with Gasteiger partial charge in [0.1, 0.15) is 0 Å². The summed E-state index contributed by atoms with van der Waals surface area (Å²) in [6.07, 6.45) is 0.979. The third-order valence-electron chi connectivity index (χ3n) is 4.73. The van der Waals surface area contributed by atoms with Gasteiger partial charge in [-0.25, -0.2) is 12.7 Å². The molecule has 1 saturated heterocycles. The number of nitrogens with zero attached hydrogens (tertiary/aromatic N) is 2. The molecule has 0 spiro atoms. The summed E-state index contributed by atoms with van der Waals surface area (Å²) in [6, 6.07) is 4.93. The predicted octanol–water partition coefficient (Wildman–Crippen LogP) is 1.28. The Morgan fingerprint density at radius 3 is 2.58 bits per heavy atom. The largest absolute Gasteiger partial charge is 0.330 e. The molecule has 0 radical (unpaired) electrons. The van der Waals surface area contributed by atoms with Gasteiger partial charge in [-0.2, -0.15) is 0 Å². The second kappa shape index (κ2) is 8.67. The quantitative estimate of drug-likeness (QED) is 0.744. The molecule has 1 amide bonds. The molecule has 7 nitrogen and oxygen atoms in total. The molecule has 1 aromatic carbocycles.